The first-order valence-electron chi connectivity index (χ1n) is 8.97. The number of guanidine groups is 1. The van der Waals surface area contributed by atoms with Crippen LogP contribution < -0.4 is 10.6 Å². The van der Waals surface area contributed by atoms with Gasteiger partial charge in [-0.15, -0.1) is 24.0 Å². The van der Waals surface area contributed by atoms with Gasteiger partial charge in [-0.3, -0.25) is 9.89 Å². The minimum atomic E-state index is 0. The first kappa shape index (κ1) is 23.9. The van der Waals surface area contributed by atoms with Crippen LogP contribution in [0.4, 0.5) is 0 Å². The molecule has 1 rings (SSSR count). The minimum absolute atomic E-state index is 0. The molecule has 24 heavy (non-hydrogen) atoms. The molecule has 6 nitrogen and oxygen atoms in total. The molecule has 7 heteroatoms. The van der Waals surface area contributed by atoms with Crippen molar-refractivity contribution in [3.8, 4) is 0 Å². The van der Waals surface area contributed by atoms with Gasteiger partial charge in [-0.25, -0.2) is 0 Å². The summed E-state index contributed by atoms with van der Waals surface area (Å²) in [5.41, 5.74) is 0. The van der Waals surface area contributed by atoms with Gasteiger partial charge >= 0.3 is 0 Å². The molecule has 0 aromatic carbocycles. The van der Waals surface area contributed by atoms with E-state index in [-0.39, 0.29) is 24.0 Å². The van der Waals surface area contributed by atoms with E-state index in [1.807, 2.05) is 7.05 Å². The van der Waals surface area contributed by atoms with E-state index in [1.165, 1.54) is 0 Å². The van der Waals surface area contributed by atoms with Gasteiger partial charge in [0.1, 0.15) is 0 Å². The van der Waals surface area contributed by atoms with Crippen LogP contribution in [0, 0.1) is 5.92 Å². The molecule has 0 saturated carbocycles. The lowest BCUT2D eigenvalue weighted by molar-refractivity contribution is 0.119. The third-order valence-electron chi connectivity index (χ3n) is 4.33. The molecule has 1 aliphatic rings. The summed E-state index contributed by atoms with van der Waals surface area (Å²) >= 11 is 0. The molecule has 1 atom stereocenters. The van der Waals surface area contributed by atoms with Crippen LogP contribution in [0.2, 0.25) is 0 Å². The largest absolute Gasteiger partial charge is 0.380 e. The zero-order chi connectivity index (χ0) is 17.1. The highest BCUT2D eigenvalue weighted by Crippen LogP contribution is 2.03. The second-order valence-corrected chi connectivity index (χ2v) is 6.86. The number of aliphatic imine (C=N–C) groups is 1. The van der Waals surface area contributed by atoms with Crippen molar-refractivity contribution in [2.75, 3.05) is 66.6 Å². The Hall–Kier alpha value is -0.120. The van der Waals surface area contributed by atoms with Gasteiger partial charge in [0.2, 0.25) is 0 Å². The highest BCUT2D eigenvalue weighted by Gasteiger charge is 2.18. The number of nitrogens with one attached hydrogen (secondary N) is 2. The van der Waals surface area contributed by atoms with Crippen LogP contribution in [0.15, 0.2) is 4.99 Å². The van der Waals surface area contributed by atoms with E-state index >= 15 is 0 Å². The van der Waals surface area contributed by atoms with Crippen LogP contribution in [0.5, 0.6) is 0 Å². The van der Waals surface area contributed by atoms with E-state index in [0.29, 0.717) is 12.0 Å². The third-order valence-corrected chi connectivity index (χ3v) is 4.33. The normalized spacial score (nSPS) is 18.3. The van der Waals surface area contributed by atoms with Gasteiger partial charge in [0.15, 0.2) is 5.96 Å². The van der Waals surface area contributed by atoms with Crippen LogP contribution >= 0.6 is 24.0 Å². The molecule has 0 bridgehead atoms. The predicted octanol–water partition coefficient (Wildman–Crippen LogP) is 1.47. The molecular formula is C17H38IN5O. The van der Waals surface area contributed by atoms with Crippen LogP contribution in [0.25, 0.3) is 0 Å². The smallest absolute Gasteiger partial charge is 0.191 e. The molecule has 0 aromatic heterocycles. The monoisotopic (exact) mass is 455 g/mol. The molecule has 0 spiro atoms. The van der Waals surface area contributed by atoms with Gasteiger partial charge in [0.25, 0.3) is 0 Å². The van der Waals surface area contributed by atoms with E-state index in [1.54, 1.807) is 0 Å². The van der Waals surface area contributed by atoms with Crippen LogP contribution in [-0.4, -0.2) is 88.4 Å². The maximum atomic E-state index is 5.61. The van der Waals surface area contributed by atoms with E-state index in [9.17, 15) is 0 Å². The number of likely N-dealkylation sites (N-methyl/N-ethyl adjacent to an activating group) is 1. The van der Waals surface area contributed by atoms with Crippen LogP contribution in [0.1, 0.15) is 27.2 Å². The lowest BCUT2D eigenvalue weighted by atomic mass is 10.1. The minimum Gasteiger partial charge on any atom is -0.380 e. The van der Waals surface area contributed by atoms with Gasteiger partial charge < -0.3 is 20.3 Å². The number of nitrogens with zero attached hydrogens (tertiary/aromatic N) is 3. The van der Waals surface area contributed by atoms with Crippen molar-refractivity contribution in [3.63, 3.8) is 0 Å². The Morgan fingerprint density at radius 2 is 1.75 bits per heavy atom. The number of rotatable bonds is 9. The molecule has 2 N–H and O–H groups in total. The van der Waals surface area contributed by atoms with Crippen molar-refractivity contribution in [2.24, 2.45) is 10.9 Å². The van der Waals surface area contributed by atoms with Crippen molar-refractivity contribution in [1.29, 1.82) is 0 Å². The van der Waals surface area contributed by atoms with Gasteiger partial charge in [-0.2, -0.15) is 0 Å². The standard InChI is InChI=1S/C17H37N5O.HI/c1-15(2)6-12-23-13-7-19-17(18-4)20-14-16(3)22-10-8-21(5)9-11-22;/h15-16H,6-14H2,1-5H3,(H2,18,19,20);1H. The summed E-state index contributed by atoms with van der Waals surface area (Å²) in [6, 6.07) is 0.518. The summed E-state index contributed by atoms with van der Waals surface area (Å²) in [6.45, 7) is 14.6. The van der Waals surface area contributed by atoms with E-state index in [0.717, 1.165) is 64.9 Å². The van der Waals surface area contributed by atoms with E-state index in [4.69, 9.17) is 4.74 Å². The molecule has 0 radical (unpaired) electrons. The Morgan fingerprint density at radius 3 is 2.33 bits per heavy atom. The SMILES string of the molecule is CN=C(NCCOCCC(C)C)NCC(C)N1CCN(C)CC1.I. The highest BCUT2D eigenvalue weighted by molar-refractivity contribution is 14.0. The van der Waals surface area contributed by atoms with Crippen molar-refractivity contribution in [3.05, 3.63) is 0 Å². The third kappa shape index (κ3) is 10.7. The second-order valence-electron chi connectivity index (χ2n) is 6.86. The Kier molecular flexibility index (Phi) is 14.0. The van der Waals surface area contributed by atoms with E-state index in [2.05, 4.69) is 53.2 Å². The topological polar surface area (TPSA) is 52.1 Å². The second kappa shape index (κ2) is 14.1. The molecular weight excluding hydrogens is 417 g/mol. The van der Waals surface area contributed by atoms with Crippen molar-refractivity contribution in [1.82, 2.24) is 20.4 Å². The van der Waals surface area contributed by atoms with Crippen molar-refractivity contribution >= 4 is 29.9 Å². The molecule has 1 aliphatic heterocycles. The summed E-state index contributed by atoms with van der Waals surface area (Å²) in [5.74, 6) is 1.56. The quantitative estimate of drug-likeness (QED) is 0.239. The summed E-state index contributed by atoms with van der Waals surface area (Å²) in [6.07, 6.45) is 1.12. The summed E-state index contributed by atoms with van der Waals surface area (Å²) < 4.78 is 5.61. The average molecular weight is 455 g/mol. The maximum Gasteiger partial charge on any atom is 0.191 e. The Labute approximate surface area is 165 Å². The van der Waals surface area contributed by atoms with Gasteiger partial charge in [-0.05, 0) is 26.3 Å². The number of hydrogen-bond donors (Lipinski definition) is 2. The summed E-state index contributed by atoms with van der Waals surface area (Å²) in [7, 11) is 4.00. The molecule has 1 fully saturated rings. The van der Waals surface area contributed by atoms with Gasteiger partial charge in [-0.1, -0.05) is 13.8 Å². The molecule has 0 aromatic rings. The maximum absolute atomic E-state index is 5.61. The Morgan fingerprint density at radius 1 is 1.08 bits per heavy atom. The highest BCUT2D eigenvalue weighted by atomic mass is 127. The summed E-state index contributed by atoms with van der Waals surface area (Å²) in [5, 5.41) is 6.72. The van der Waals surface area contributed by atoms with Crippen LogP contribution in [0.3, 0.4) is 0 Å². The fraction of sp³-hybridized carbons (Fsp3) is 0.941. The first-order valence-corrected chi connectivity index (χ1v) is 8.97. The number of hydrogen-bond acceptors (Lipinski definition) is 4. The zero-order valence-electron chi connectivity index (χ0n) is 16.2. The molecule has 1 saturated heterocycles. The fourth-order valence-electron chi connectivity index (χ4n) is 2.52. The molecule has 1 unspecified atom stereocenters. The molecule has 0 amide bonds. The molecule has 144 valence electrons. The Bertz CT molecular complexity index is 333. The number of halogens is 1. The zero-order valence-corrected chi connectivity index (χ0v) is 18.5. The van der Waals surface area contributed by atoms with Gasteiger partial charge in [0, 0.05) is 59.0 Å². The van der Waals surface area contributed by atoms with E-state index < -0.39 is 0 Å². The molecule has 0 aliphatic carbocycles. The lowest BCUT2D eigenvalue weighted by Gasteiger charge is -2.36. The fourth-order valence-corrected chi connectivity index (χ4v) is 2.52. The number of piperazine rings is 1. The van der Waals surface area contributed by atoms with Crippen molar-refractivity contribution in [2.45, 2.75) is 33.2 Å². The predicted molar refractivity (Wildman–Crippen MR) is 114 cm³/mol. The van der Waals surface area contributed by atoms with Gasteiger partial charge in [0.05, 0.1) is 6.61 Å². The summed E-state index contributed by atoms with van der Waals surface area (Å²) in [4.78, 5) is 9.20. The molecule has 1 heterocycles. The van der Waals surface area contributed by atoms with Crippen LogP contribution in [-0.2, 0) is 4.74 Å². The Balaban J connectivity index is 0.00000529. The average Bonchev–Trinajstić information content (AvgIpc) is 2.53. The first-order chi connectivity index (χ1) is 11.0. The van der Waals surface area contributed by atoms with Crippen molar-refractivity contribution < 1.29 is 4.74 Å². The lowest BCUT2D eigenvalue weighted by Crippen LogP contribution is -2.52. The number of ether oxygens (including phenoxy) is 1.